The number of imide groups is 1. The highest BCUT2D eigenvalue weighted by atomic mass is 32.2. The summed E-state index contributed by atoms with van der Waals surface area (Å²) < 4.78 is 1.41. The maximum absolute atomic E-state index is 11.4. The molecule has 1 aliphatic rings. The molecule has 1 heterocycles. The Labute approximate surface area is 108 Å². The van der Waals surface area contributed by atoms with Crippen LogP contribution >= 0.6 is 11.8 Å². The third kappa shape index (κ3) is 2.92. The van der Waals surface area contributed by atoms with Gasteiger partial charge in [0.25, 0.3) is 0 Å². The molecule has 0 atom stereocenters. The van der Waals surface area contributed by atoms with Gasteiger partial charge in [-0.3, -0.25) is 10.1 Å². The number of carbonyl (C=O) groups is 2. The van der Waals surface area contributed by atoms with Crippen molar-refractivity contribution in [2.75, 3.05) is 18.6 Å². The van der Waals surface area contributed by atoms with Crippen molar-refractivity contribution in [3.05, 3.63) is 5.82 Å². The molecule has 3 amide bonds. The van der Waals surface area contributed by atoms with Crippen molar-refractivity contribution in [2.45, 2.75) is 23.9 Å². The van der Waals surface area contributed by atoms with Gasteiger partial charge in [-0.25, -0.2) is 9.47 Å². The number of rotatable bonds is 4. The van der Waals surface area contributed by atoms with E-state index in [9.17, 15) is 9.59 Å². The van der Waals surface area contributed by atoms with Gasteiger partial charge in [0.15, 0.2) is 5.82 Å². The summed E-state index contributed by atoms with van der Waals surface area (Å²) in [6.45, 7) is 0. The predicted molar refractivity (Wildman–Crippen MR) is 65.5 cm³/mol. The minimum absolute atomic E-state index is 0.0629. The fraction of sp³-hybridized carbons (Fsp3) is 0.556. The average molecular weight is 270 g/mol. The number of hydrogen-bond acceptors (Lipinski definition) is 6. The zero-order chi connectivity index (χ0) is 13.1. The minimum atomic E-state index is -0.534. The van der Waals surface area contributed by atoms with Crippen LogP contribution in [0.4, 0.5) is 4.79 Å². The summed E-state index contributed by atoms with van der Waals surface area (Å²) in [6.07, 6.45) is 2.16. The molecule has 4 N–H and O–H groups in total. The first-order valence-corrected chi connectivity index (χ1v) is 6.45. The SMILES string of the molecule is CNC(=O)NC(=O)CSc1nnc(C2CC2)n1N. The van der Waals surface area contributed by atoms with Crippen LogP contribution in [0.3, 0.4) is 0 Å². The van der Waals surface area contributed by atoms with Crippen molar-refractivity contribution in [3.63, 3.8) is 0 Å². The summed E-state index contributed by atoms with van der Waals surface area (Å²) >= 11 is 1.15. The van der Waals surface area contributed by atoms with E-state index in [2.05, 4.69) is 20.8 Å². The average Bonchev–Trinajstić information content (AvgIpc) is 3.12. The molecule has 0 spiro atoms. The summed E-state index contributed by atoms with van der Waals surface area (Å²) in [6, 6.07) is -0.534. The van der Waals surface area contributed by atoms with Crippen LogP contribution in [0.5, 0.6) is 0 Å². The number of nitrogens with one attached hydrogen (secondary N) is 2. The molecule has 2 rings (SSSR count). The number of nitrogens with zero attached hydrogens (tertiary/aromatic N) is 3. The fourth-order valence-corrected chi connectivity index (χ4v) is 2.03. The Morgan fingerprint density at radius 1 is 1.50 bits per heavy atom. The van der Waals surface area contributed by atoms with Crippen molar-refractivity contribution in [1.29, 1.82) is 0 Å². The molecule has 0 unspecified atom stereocenters. The number of thioether (sulfide) groups is 1. The maximum Gasteiger partial charge on any atom is 0.321 e. The molecule has 9 heteroatoms. The van der Waals surface area contributed by atoms with E-state index in [0.717, 1.165) is 30.4 Å². The largest absolute Gasteiger partial charge is 0.341 e. The van der Waals surface area contributed by atoms with Gasteiger partial charge in [-0.2, -0.15) is 0 Å². The standard InChI is InChI=1S/C9H14N6O2S/c1-11-8(17)12-6(16)4-18-9-14-13-7(15(9)10)5-2-3-5/h5H,2-4,10H2,1H3,(H2,11,12,16,17). The maximum atomic E-state index is 11.4. The van der Waals surface area contributed by atoms with Crippen LogP contribution in [0, 0.1) is 0 Å². The molecule has 1 aromatic rings. The second-order valence-corrected chi connectivity index (χ2v) is 4.84. The Hall–Kier alpha value is -1.77. The van der Waals surface area contributed by atoms with Gasteiger partial charge in [0, 0.05) is 13.0 Å². The molecule has 0 radical (unpaired) electrons. The number of urea groups is 1. The van der Waals surface area contributed by atoms with Crippen LogP contribution in [-0.2, 0) is 4.79 Å². The van der Waals surface area contributed by atoms with Crippen LogP contribution in [0.1, 0.15) is 24.6 Å². The zero-order valence-electron chi connectivity index (χ0n) is 9.84. The van der Waals surface area contributed by atoms with E-state index >= 15 is 0 Å². The molecule has 0 aromatic carbocycles. The smallest absolute Gasteiger partial charge is 0.321 e. The Morgan fingerprint density at radius 3 is 2.83 bits per heavy atom. The molecule has 1 aliphatic carbocycles. The van der Waals surface area contributed by atoms with Crippen molar-refractivity contribution < 1.29 is 9.59 Å². The molecule has 1 fully saturated rings. The summed E-state index contributed by atoms with van der Waals surface area (Å²) in [5.74, 6) is 6.63. The van der Waals surface area contributed by atoms with Crippen molar-refractivity contribution in [3.8, 4) is 0 Å². The minimum Gasteiger partial charge on any atom is -0.341 e. The number of aromatic nitrogens is 3. The van der Waals surface area contributed by atoms with E-state index < -0.39 is 11.9 Å². The van der Waals surface area contributed by atoms with Gasteiger partial charge in [0.2, 0.25) is 11.1 Å². The molecular formula is C9H14N6O2S. The highest BCUT2D eigenvalue weighted by Crippen LogP contribution is 2.39. The van der Waals surface area contributed by atoms with Gasteiger partial charge in [-0.15, -0.1) is 10.2 Å². The van der Waals surface area contributed by atoms with Gasteiger partial charge in [0.05, 0.1) is 5.75 Å². The molecule has 98 valence electrons. The number of carbonyl (C=O) groups excluding carboxylic acids is 2. The molecular weight excluding hydrogens is 256 g/mol. The van der Waals surface area contributed by atoms with Gasteiger partial charge in [-0.1, -0.05) is 11.8 Å². The van der Waals surface area contributed by atoms with Crippen molar-refractivity contribution >= 4 is 23.7 Å². The first-order valence-electron chi connectivity index (χ1n) is 5.46. The van der Waals surface area contributed by atoms with E-state index in [4.69, 9.17) is 5.84 Å². The fourth-order valence-electron chi connectivity index (χ4n) is 1.36. The van der Waals surface area contributed by atoms with Gasteiger partial charge in [0.1, 0.15) is 0 Å². The molecule has 0 bridgehead atoms. The second-order valence-electron chi connectivity index (χ2n) is 3.90. The van der Waals surface area contributed by atoms with Gasteiger partial charge >= 0.3 is 6.03 Å². The van der Waals surface area contributed by atoms with E-state index in [1.807, 2.05) is 0 Å². The molecule has 18 heavy (non-hydrogen) atoms. The Bertz CT molecular complexity index is 470. The first kappa shape index (κ1) is 12.7. The van der Waals surface area contributed by atoms with E-state index in [0.29, 0.717) is 11.1 Å². The van der Waals surface area contributed by atoms with Crippen LogP contribution in [-0.4, -0.2) is 39.6 Å². The van der Waals surface area contributed by atoms with E-state index in [-0.39, 0.29) is 5.75 Å². The van der Waals surface area contributed by atoms with Crippen molar-refractivity contribution in [1.82, 2.24) is 25.5 Å². The number of amides is 3. The quantitative estimate of drug-likeness (QED) is 0.498. The highest BCUT2D eigenvalue weighted by molar-refractivity contribution is 7.99. The Balaban J connectivity index is 1.86. The second kappa shape index (κ2) is 5.25. The van der Waals surface area contributed by atoms with Crippen LogP contribution in [0.25, 0.3) is 0 Å². The van der Waals surface area contributed by atoms with E-state index in [1.165, 1.54) is 11.7 Å². The summed E-state index contributed by atoms with van der Waals surface area (Å²) in [5.41, 5.74) is 0. The summed E-state index contributed by atoms with van der Waals surface area (Å²) in [5, 5.41) is 12.8. The molecule has 8 nitrogen and oxygen atoms in total. The predicted octanol–water partition coefficient (Wildman–Crippen LogP) is -0.583. The number of hydrogen-bond donors (Lipinski definition) is 3. The Morgan fingerprint density at radius 2 is 2.22 bits per heavy atom. The number of nitrogens with two attached hydrogens (primary N) is 1. The van der Waals surface area contributed by atoms with Crippen LogP contribution in [0.15, 0.2) is 5.16 Å². The van der Waals surface area contributed by atoms with E-state index in [1.54, 1.807) is 0 Å². The topological polar surface area (TPSA) is 115 Å². The lowest BCUT2D eigenvalue weighted by Crippen LogP contribution is -2.38. The van der Waals surface area contributed by atoms with Crippen LogP contribution < -0.4 is 16.5 Å². The third-order valence-electron chi connectivity index (χ3n) is 2.45. The zero-order valence-corrected chi connectivity index (χ0v) is 10.7. The molecule has 1 aromatic heterocycles. The van der Waals surface area contributed by atoms with Crippen LogP contribution in [0.2, 0.25) is 0 Å². The Kier molecular flexibility index (Phi) is 3.70. The number of nitrogen functional groups attached to an aromatic ring is 1. The lowest BCUT2D eigenvalue weighted by molar-refractivity contribution is -0.117. The van der Waals surface area contributed by atoms with Gasteiger partial charge in [-0.05, 0) is 12.8 Å². The van der Waals surface area contributed by atoms with Gasteiger partial charge < -0.3 is 11.2 Å². The lowest BCUT2D eigenvalue weighted by atomic mass is 10.4. The molecule has 1 saturated carbocycles. The monoisotopic (exact) mass is 270 g/mol. The summed E-state index contributed by atoms with van der Waals surface area (Å²) in [7, 11) is 1.44. The summed E-state index contributed by atoms with van der Waals surface area (Å²) in [4.78, 5) is 22.3. The molecule has 0 aliphatic heterocycles. The lowest BCUT2D eigenvalue weighted by Gasteiger charge is -2.03. The first-order chi connectivity index (χ1) is 8.61. The highest BCUT2D eigenvalue weighted by Gasteiger charge is 2.30. The molecule has 0 saturated heterocycles. The normalized spacial score (nSPS) is 14.3. The third-order valence-corrected chi connectivity index (χ3v) is 3.39. The van der Waals surface area contributed by atoms with Crippen molar-refractivity contribution in [2.24, 2.45) is 0 Å².